The fourth-order valence-corrected chi connectivity index (χ4v) is 1.81. The third-order valence-electron chi connectivity index (χ3n) is 2.57. The van der Waals surface area contributed by atoms with E-state index in [0.717, 1.165) is 11.0 Å². The topological polar surface area (TPSA) is 69.6 Å². The molecule has 6 heteroatoms. The molecule has 2 rings (SSSR count). The summed E-state index contributed by atoms with van der Waals surface area (Å²) in [5, 5.41) is 11.7. The molecule has 5 nitrogen and oxygen atoms in total. The molecule has 1 fully saturated rings. The quantitative estimate of drug-likeness (QED) is 0.773. The van der Waals surface area contributed by atoms with E-state index in [4.69, 9.17) is 5.11 Å². The van der Waals surface area contributed by atoms with Crippen LogP contribution < -0.4 is 10.2 Å². The second-order valence-corrected chi connectivity index (χ2v) is 3.73. The van der Waals surface area contributed by atoms with Gasteiger partial charge in [-0.15, -0.1) is 0 Å². The Kier molecular flexibility index (Phi) is 3.06. The molecular formula is C11H11FN2O3. The minimum atomic E-state index is -1.12. The third-order valence-corrected chi connectivity index (χ3v) is 2.57. The molecular weight excluding hydrogens is 227 g/mol. The summed E-state index contributed by atoms with van der Waals surface area (Å²) in [5.41, 5.74) is 0.268. The zero-order chi connectivity index (χ0) is 12.4. The normalized spacial score (nSPS) is 20.4. The maximum absolute atomic E-state index is 13.1. The average Bonchev–Trinajstić information content (AvgIpc) is 2.28. The number of carbonyl (C=O) groups excluding carboxylic acids is 1. The summed E-state index contributed by atoms with van der Waals surface area (Å²) in [6.45, 7) is 0.206. The number of carboxylic acids is 1. The largest absolute Gasteiger partial charge is 0.480 e. The zero-order valence-electron chi connectivity index (χ0n) is 8.89. The van der Waals surface area contributed by atoms with Crippen molar-refractivity contribution in [2.24, 2.45) is 0 Å². The summed E-state index contributed by atoms with van der Waals surface area (Å²) in [6, 6.07) is 4.35. The van der Waals surface area contributed by atoms with Gasteiger partial charge in [-0.2, -0.15) is 0 Å². The first-order valence-corrected chi connectivity index (χ1v) is 5.11. The van der Waals surface area contributed by atoms with Gasteiger partial charge in [-0.3, -0.25) is 9.69 Å². The van der Waals surface area contributed by atoms with E-state index in [0.29, 0.717) is 0 Å². The van der Waals surface area contributed by atoms with Gasteiger partial charge in [0.1, 0.15) is 11.9 Å². The molecule has 0 spiro atoms. The Morgan fingerprint density at radius 1 is 1.53 bits per heavy atom. The molecule has 1 amide bonds. The molecule has 2 N–H and O–H groups in total. The van der Waals surface area contributed by atoms with Gasteiger partial charge in [0, 0.05) is 12.2 Å². The van der Waals surface area contributed by atoms with Gasteiger partial charge in [0.15, 0.2) is 0 Å². The number of halogens is 1. The molecule has 17 heavy (non-hydrogen) atoms. The highest BCUT2D eigenvalue weighted by Crippen LogP contribution is 2.20. The number of piperazine rings is 1. The standard InChI is InChI=1S/C11H11FN2O3/c12-7-2-1-3-8(4-7)14-9(11(16)17)5-13-6-10(14)15/h1-4,9,13H,5-6H2,(H,16,17). The summed E-state index contributed by atoms with van der Waals surface area (Å²) in [7, 11) is 0. The van der Waals surface area contributed by atoms with E-state index in [1.807, 2.05) is 0 Å². The molecule has 1 saturated heterocycles. The number of benzene rings is 1. The van der Waals surface area contributed by atoms with Crippen molar-refractivity contribution in [2.45, 2.75) is 6.04 Å². The molecule has 1 heterocycles. The van der Waals surface area contributed by atoms with Crippen LogP contribution in [0.1, 0.15) is 0 Å². The van der Waals surface area contributed by atoms with Crippen molar-refractivity contribution >= 4 is 17.6 Å². The van der Waals surface area contributed by atoms with E-state index >= 15 is 0 Å². The molecule has 1 aromatic rings. The van der Waals surface area contributed by atoms with Crippen LogP contribution in [-0.4, -0.2) is 36.1 Å². The highest BCUT2D eigenvalue weighted by Gasteiger charge is 2.34. The first-order chi connectivity index (χ1) is 8.09. The lowest BCUT2D eigenvalue weighted by Gasteiger charge is -2.33. The highest BCUT2D eigenvalue weighted by atomic mass is 19.1. The minimum Gasteiger partial charge on any atom is -0.480 e. The predicted octanol–water partition coefficient (Wildman–Crippen LogP) is 0.215. The maximum atomic E-state index is 13.1. The van der Waals surface area contributed by atoms with Crippen LogP contribution in [-0.2, 0) is 9.59 Å². The lowest BCUT2D eigenvalue weighted by molar-refractivity contribution is -0.140. The van der Waals surface area contributed by atoms with Crippen LogP contribution in [0.5, 0.6) is 0 Å². The first kappa shape index (κ1) is 11.5. The van der Waals surface area contributed by atoms with Crippen molar-refractivity contribution in [1.29, 1.82) is 0 Å². The van der Waals surface area contributed by atoms with E-state index in [-0.39, 0.29) is 24.7 Å². The highest BCUT2D eigenvalue weighted by molar-refractivity contribution is 6.01. The SMILES string of the molecule is O=C(O)C1CNCC(=O)N1c1cccc(F)c1. The van der Waals surface area contributed by atoms with Crippen molar-refractivity contribution in [1.82, 2.24) is 5.32 Å². The number of hydrogen-bond donors (Lipinski definition) is 2. The maximum Gasteiger partial charge on any atom is 0.328 e. The first-order valence-electron chi connectivity index (χ1n) is 5.11. The lowest BCUT2D eigenvalue weighted by Crippen LogP contribution is -2.58. The summed E-state index contributed by atoms with van der Waals surface area (Å²) in [6.07, 6.45) is 0. The number of hydrogen-bond acceptors (Lipinski definition) is 3. The predicted molar refractivity (Wildman–Crippen MR) is 58.2 cm³/mol. The van der Waals surface area contributed by atoms with Gasteiger partial charge in [-0.05, 0) is 18.2 Å². The number of carboxylic acid groups (broad SMARTS) is 1. The van der Waals surface area contributed by atoms with Crippen LogP contribution in [0, 0.1) is 5.82 Å². The van der Waals surface area contributed by atoms with Crippen molar-refractivity contribution in [3.63, 3.8) is 0 Å². The van der Waals surface area contributed by atoms with Crippen LogP contribution in [0.4, 0.5) is 10.1 Å². The van der Waals surface area contributed by atoms with Crippen molar-refractivity contribution in [3.8, 4) is 0 Å². The number of amides is 1. The summed E-state index contributed by atoms with van der Waals surface area (Å²) < 4.78 is 13.1. The fourth-order valence-electron chi connectivity index (χ4n) is 1.81. The van der Waals surface area contributed by atoms with Crippen molar-refractivity contribution < 1.29 is 19.1 Å². The number of nitrogens with one attached hydrogen (secondary N) is 1. The molecule has 1 aliphatic heterocycles. The zero-order valence-corrected chi connectivity index (χ0v) is 8.89. The molecule has 0 radical (unpaired) electrons. The van der Waals surface area contributed by atoms with Gasteiger partial charge < -0.3 is 10.4 Å². The Hall–Kier alpha value is -1.95. The van der Waals surface area contributed by atoms with E-state index in [1.165, 1.54) is 18.2 Å². The Balaban J connectivity index is 2.38. The number of nitrogens with zero attached hydrogens (tertiary/aromatic N) is 1. The Bertz CT molecular complexity index is 464. The molecule has 1 aromatic carbocycles. The van der Waals surface area contributed by atoms with E-state index in [9.17, 15) is 14.0 Å². The molecule has 0 saturated carbocycles. The Labute approximate surface area is 96.8 Å². The third kappa shape index (κ3) is 2.26. The van der Waals surface area contributed by atoms with Crippen LogP contribution in [0.3, 0.4) is 0 Å². The number of rotatable bonds is 2. The molecule has 0 aromatic heterocycles. The van der Waals surface area contributed by atoms with Gasteiger partial charge in [0.2, 0.25) is 5.91 Å². The van der Waals surface area contributed by atoms with E-state index < -0.39 is 17.8 Å². The number of anilines is 1. The molecule has 0 bridgehead atoms. The molecule has 90 valence electrons. The second-order valence-electron chi connectivity index (χ2n) is 3.73. The van der Waals surface area contributed by atoms with E-state index in [2.05, 4.69) is 5.32 Å². The summed E-state index contributed by atoms with van der Waals surface area (Å²) in [5.74, 6) is -2.00. The molecule has 1 atom stereocenters. The summed E-state index contributed by atoms with van der Waals surface area (Å²) in [4.78, 5) is 23.9. The lowest BCUT2D eigenvalue weighted by atomic mass is 10.1. The van der Waals surface area contributed by atoms with Crippen LogP contribution in [0.15, 0.2) is 24.3 Å². The van der Waals surface area contributed by atoms with Gasteiger partial charge in [-0.25, -0.2) is 9.18 Å². The van der Waals surface area contributed by atoms with Gasteiger partial charge in [0.25, 0.3) is 0 Å². The second kappa shape index (κ2) is 4.50. The average molecular weight is 238 g/mol. The molecule has 1 aliphatic rings. The van der Waals surface area contributed by atoms with Gasteiger partial charge in [-0.1, -0.05) is 6.07 Å². The Morgan fingerprint density at radius 3 is 2.94 bits per heavy atom. The van der Waals surface area contributed by atoms with Crippen molar-refractivity contribution in [2.75, 3.05) is 18.0 Å². The smallest absolute Gasteiger partial charge is 0.328 e. The fraction of sp³-hybridized carbons (Fsp3) is 0.273. The monoisotopic (exact) mass is 238 g/mol. The van der Waals surface area contributed by atoms with Crippen LogP contribution >= 0.6 is 0 Å². The molecule has 0 aliphatic carbocycles. The van der Waals surface area contributed by atoms with Gasteiger partial charge >= 0.3 is 5.97 Å². The van der Waals surface area contributed by atoms with Gasteiger partial charge in [0.05, 0.1) is 6.54 Å². The van der Waals surface area contributed by atoms with Crippen LogP contribution in [0.25, 0.3) is 0 Å². The van der Waals surface area contributed by atoms with E-state index in [1.54, 1.807) is 0 Å². The number of aliphatic carboxylic acids is 1. The Morgan fingerprint density at radius 2 is 2.29 bits per heavy atom. The summed E-state index contributed by atoms with van der Waals surface area (Å²) >= 11 is 0. The van der Waals surface area contributed by atoms with Crippen LogP contribution in [0.2, 0.25) is 0 Å². The molecule has 1 unspecified atom stereocenters. The van der Waals surface area contributed by atoms with Crippen molar-refractivity contribution in [3.05, 3.63) is 30.1 Å². The number of carbonyl (C=O) groups is 2. The minimum absolute atomic E-state index is 0.0558.